The topological polar surface area (TPSA) is 27.7 Å². The molecule has 1 aliphatic heterocycles. The van der Waals surface area contributed by atoms with Gasteiger partial charge in [0.25, 0.3) is 0 Å². The summed E-state index contributed by atoms with van der Waals surface area (Å²) in [5.41, 5.74) is 1.34. The molecule has 1 aliphatic rings. The minimum atomic E-state index is -1.37. The summed E-state index contributed by atoms with van der Waals surface area (Å²) < 4.78 is 16.6. The first-order chi connectivity index (χ1) is 10.6. The highest BCUT2D eigenvalue weighted by Crippen LogP contribution is 2.32. The molecule has 0 saturated heterocycles. The summed E-state index contributed by atoms with van der Waals surface area (Å²) in [6, 6.07) is 7.55. The van der Waals surface area contributed by atoms with E-state index in [0.29, 0.717) is 6.79 Å². The Morgan fingerprint density at radius 2 is 1.91 bits per heavy atom. The quantitative estimate of drug-likeness (QED) is 0.455. The van der Waals surface area contributed by atoms with Crippen LogP contribution in [0.4, 0.5) is 0 Å². The first-order valence-corrected chi connectivity index (χ1v) is 12.5. The van der Waals surface area contributed by atoms with Gasteiger partial charge in [0.05, 0.1) is 0 Å². The standard InChI is InChI=1S/C17H28O3SSi/c1-4-20-22(2,3)12-6-11-21-10-5-7-15-8-9-16-17(13-15)19-14-18-16/h8-9,13H,4-7,10-12,14H2,1-3H3. The van der Waals surface area contributed by atoms with E-state index in [9.17, 15) is 0 Å². The smallest absolute Gasteiger partial charge is 0.231 e. The van der Waals surface area contributed by atoms with Gasteiger partial charge in [-0.1, -0.05) is 6.07 Å². The molecule has 0 bridgehead atoms. The van der Waals surface area contributed by atoms with Crippen LogP contribution in [-0.4, -0.2) is 33.2 Å². The predicted molar refractivity (Wildman–Crippen MR) is 96.7 cm³/mol. The van der Waals surface area contributed by atoms with Gasteiger partial charge in [-0.2, -0.15) is 11.8 Å². The van der Waals surface area contributed by atoms with Crippen molar-refractivity contribution in [1.82, 2.24) is 0 Å². The predicted octanol–water partition coefficient (Wildman–Crippen LogP) is 4.71. The first kappa shape index (κ1) is 17.7. The lowest BCUT2D eigenvalue weighted by molar-refractivity contribution is 0.174. The van der Waals surface area contributed by atoms with E-state index in [2.05, 4.69) is 43.9 Å². The van der Waals surface area contributed by atoms with Gasteiger partial charge >= 0.3 is 0 Å². The zero-order chi connectivity index (χ0) is 15.8. The van der Waals surface area contributed by atoms with Gasteiger partial charge in [-0.15, -0.1) is 0 Å². The fourth-order valence-electron chi connectivity index (χ4n) is 2.64. The second-order valence-electron chi connectivity index (χ2n) is 6.20. The van der Waals surface area contributed by atoms with Crippen molar-refractivity contribution in [2.24, 2.45) is 0 Å². The highest BCUT2D eigenvalue weighted by molar-refractivity contribution is 7.99. The molecule has 1 aromatic carbocycles. The van der Waals surface area contributed by atoms with Crippen LogP contribution in [0, 0.1) is 0 Å². The van der Waals surface area contributed by atoms with E-state index in [4.69, 9.17) is 13.9 Å². The first-order valence-electron chi connectivity index (χ1n) is 8.21. The Bertz CT molecular complexity index is 465. The van der Waals surface area contributed by atoms with Crippen LogP contribution in [0.25, 0.3) is 0 Å². The number of aryl methyl sites for hydroxylation is 1. The molecule has 5 heteroatoms. The summed E-state index contributed by atoms with van der Waals surface area (Å²) in [4.78, 5) is 0. The molecule has 0 amide bonds. The molecule has 0 atom stereocenters. The third-order valence-electron chi connectivity index (χ3n) is 3.79. The molecule has 124 valence electrons. The Morgan fingerprint density at radius 1 is 1.14 bits per heavy atom. The van der Waals surface area contributed by atoms with Crippen molar-refractivity contribution in [2.45, 2.75) is 45.3 Å². The molecule has 0 radical (unpaired) electrons. The van der Waals surface area contributed by atoms with E-state index >= 15 is 0 Å². The largest absolute Gasteiger partial charge is 0.454 e. The van der Waals surface area contributed by atoms with Crippen molar-refractivity contribution < 1.29 is 13.9 Å². The van der Waals surface area contributed by atoms with E-state index in [0.717, 1.165) is 24.5 Å². The lowest BCUT2D eigenvalue weighted by Crippen LogP contribution is -2.30. The minimum absolute atomic E-state index is 0.357. The molecule has 0 N–H and O–H groups in total. The summed E-state index contributed by atoms with van der Waals surface area (Å²) >= 11 is 2.07. The van der Waals surface area contributed by atoms with Crippen LogP contribution in [0.15, 0.2) is 18.2 Å². The maximum Gasteiger partial charge on any atom is 0.231 e. The number of fused-ring (bicyclic) bond motifs is 1. The Morgan fingerprint density at radius 3 is 2.73 bits per heavy atom. The number of ether oxygens (including phenoxy) is 2. The summed E-state index contributed by atoms with van der Waals surface area (Å²) in [5, 5.41) is 0. The normalized spacial score (nSPS) is 13.6. The summed E-state index contributed by atoms with van der Waals surface area (Å²) in [5.74, 6) is 4.25. The third-order valence-corrected chi connectivity index (χ3v) is 7.58. The zero-order valence-corrected chi connectivity index (χ0v) is 15.8. The van der Waals surface area contributed by atoms with E-state index in [1.165, 1.54) is 36.0 Å². The second kappa shape index (κ2) is 8.84. The van der Waals surface area contributed by atoms with Gasteiger partial charge in [-0.25, -0.2) is 0 Å². The van der Waals surface area contributed by atoms with Gasteiger partial charge in [0, 0.05) is 6.61 Å². The van der Waals surface area contributed by atoms with Gasteiger partial charge in [0.2, 0.25) is 6.79 Å². The Kier molecular flexibility index (Phi) is 7.11. The molecule has 22 heavy (non-hydrogen) atoms. The maximum absolute atomic E-state index is 5.86. The molecular formula is C17H28O3SSi. The zero-order valence-electron chi connectivity index (χ0n) is 14.0. The summed E-state index contributed by atoms with van der Waals surface area (Å²) in [6.45, 7) is 7.96. The molecule has 0 saturated carbocycles. The molecular weight excluding hydrogens is 312 g/mol. The lowest BCUT2D eigenvalue weighted by atomic mass is 10.1. The Labute approximate surface area is 139 Å². The van der Waals surface area contributed by atoms with Crippen molar-refractivity contribution in [3.63, 3.8) is 0 Å². The summed E-state index contributed by atoms with van der Waals surface area (Å²) in [6.07, 6.45) is 3.62. The van der Waals surface area contributed by atoms with E-state index in [1.54, 1.807) is 0 Å². The van der Waals surface area contributed by atoms with Crippen LogP contribution in [0.2, 0.25) is 19.1 Å². The lowest BCUT2D eigenvalue weighted by Gasteiger charge is -2.21. The Balaban J connectivity index is 1.54. The molecule has 0 aliphatic carbocycles. The Hall–Kier alpha value is -0.653. The number of thioether (sulfide) groups is 1. The molecule has 1 heterocycles. The van der Waals surface area contributed by atoms with Crippen molar-refractivity contribution >= 4 is 20.1 Å². The number of benzene rings is 1. The minimum Gasteiger partial charge on any atom is -0.454 e. The molecule has 2 rings (SSSR count). The second-order valence-corrected chi connectivity index (χ2v) is 11.7. The van der Waals surface area contributed by atoms with Crippen LogP contribution in [0.5, 0.6) is 11.5 Å². The molecule has 0 fully saturated rings. The fourth-order valence-corrected chi connectivity index (χ4v) is 5.75. The average Bonchev–Trinajstić information content (AvgIpc) is 2.93. The molecule has 3 nitrogen and oxygen atoms in total. The van der Waals surface area contributed by atoms with Gasteiger partial charge in [-0.3, -0.25) is 0 Å². The van der Waals surface area contributed by atoms with Gasteiger partial charge in [0.15, 0.2) is 19.8 Å². The highest BCUT2D eigenvalue weighted by atomic mass is 32.2. The van der Waals surface area contributed by atoms with Gasteiger partial charge in [0.1, 0.15) is 0 Å². The van der Waals surface area contributed by atoms with Crippen molar-refractivity contribution in [3.8, 4) is 11.5 Å². The van der Waals surface area contributed by atoms with Crippen LogP contribution in [-0.2, 0) is 10.8 Å². The number of hydrogen-bond acceptors (Lipinski definition) is 4. The molecule has 1 aromatic rings. The highest BCUT2D eigenvalue weighted by Gasteiger charge is 2.20. The van der Waals surface area contributed by atoms with Crippen LogP contribution >= 0.6 is 11.8 Å². The monoisotopic (exact) mass is 340 g/mol. The molecule has 0 aromatic heterocycles. The van der Waals surface area contributed by atoms with Gasteiger partial charge < -0.3 is 13.9 Å². The average molecular weight is 341 g/mol. The van der Waals surface area contributed by atoms with Crippen LogP contribution in [0.1, 0.15) is 25.3 Å². The number of hydrogen-bond donors (Lipinski definition) is 0. The molecule has 0 spiro atoms. The number of rotatable bonds is 10. The van der Waals surface area contributed by atoms with E-state index in [1.807, 2.05) is 6.07 Å². The van der Waals surface area contributed by atoms with E-state index in [-0.39, 0.29) is 0 Å². The maximum atomic E-state index is 5.86. The fraction of sp³-hybridized carbons (Fsp3) is 0.647. The van der Waals surface area contributed by atoms with Crippen LogP contribution in [0.3, 0.4) is 0 Å². The van der Waals surface area contributed by atoms with Crippen molar-refractivity contribution in [2.75, 3.05) is 24.9 Å². The van der Waals surface area contributed by atoms with Crippen LogP contribution < -0.4 is 9.47 Å². The summed E-state index contributed by atoms with van der Waals surface area (Å²) in [7, 11) is -1.37. The van der Waals surface area contributed by atoms with Gasteiger partial charge in [-0.05, 0) is 74.5 Å². The molecule has 0 unspecified atom stereocenters. The SMILES string of the molecule is CCO[Si](C)(C)CCCSCCCc1ccc2c(c1)OCO2. The third kappa shape index (κ3) is 5.86. The van der Waals surface area contributed by atoms with Crippen molar-refractivity contribution in [1.29, 1.82) is 0 Å². The van der Waals surface area contributed by atoms with E-state index < -0.39 is 8.32 Å². The van der Waals surface area contributed by atoms with Crippen molar-refractivity contribution in [3.05, 3.63) is 23.8 Å².